The van der Waals surface area contributed by atoms with Crippen LogP contribution in [-0.4, -0.2) is 54.6 Å². The average molecular weight is 239 g/mol. The third-order valence-electron chi connectivity index (χ3n) is 4.86. The van der Waals surface area contributed by atoms with Gasteiger partial charge >= 0.3 is 0 Å². The van der Waals surface area contributed by atoms with E-state index in [2.05, 4.69) is 23.8 Å². The Hall–Kier alpha value is -0.120. The number of hydrogen-bond donors (Lipinski definition) is 1. The van der Waals surface area contributed by atoms with E-state index in [1.165, 1.54) is 58.2 Å². The fourth-order valence-corrected chi connectivity index (χ4v) is 3.80. The number of nitrogens with zero attached hydrogens (tertiary/aromatic N) is 2. The van der Waals surface area contributed by atoms with Crippen LogP contribution in [0.1, 0.15) is 45.4 Å². The van der Waals surface area contributed by atoms with E-state index in [1.807, 2.05) is 0 Å². The van der Waals surface area contributed by atoms with E-state index < -0.39 is 0 Å². The minimum absolute atomic E-state index is 0.278. The molecule has 17 heavy (non-hydrogen) atoms. The third-order valence-corrected chi connectivity index (χ3v) is 4.86. The number of nitrogens with two attached hydrogens (primary N) is 1. The Labute approximate surface area is 106 Å². The van der Waals surface area contributed by atoms with Gasteiger partial charge in [0.1, 0.15) is 0 Å². The van der Waals surface area contributed by atoms with Crippen LogP contribution in [0.15, 0.2) is 0 Å². The zero-order valence-electron chi connectivity index (χ0n) is 11.6. The van der Waals surface area contributed by atoms with E-state index in [0.717, 1.165) is 12.6 Å². The van der Waals surface area contributed by atoms with Crippen LogP contribution in [0.3, 0.4) is 0 Å². The maximum absolute atomic E-state index is 6.16. The summed E-state index contributed by atoms with van der Waals surface area (Å²) < 4.78 is 0. The third kappa shape index (κ3) is 2.67. The van der Waals surface area contributed by atoms with Gasteiger partial charge in [-0.15, -0.1) is 0 Å². The summed E-state index contributed by atoms with van der Waals surface area (Å²) in [7, 11) is 2.23. The summed E-state index contributed by atoms with van der Waals surface area (Å²) >= 11 is 0. The number of hydrogen-bond acceptors (Lipinski definition) is 3. The quantitative estimate of drug-likeness (QED) is 0.813. The lowest BCUT2D eigenvalue weighted by molar-refractivity contribution is 0.0549. The highest BCUT2D eigenvalue weighted by molar-refractivity contribution is 5.01. The second-order valence-corrected chi connectivity index (χ2v) is 6.02. The van der Waals surface area contributed by atoms with Crippen molar-refractivity contribution in [3.63, 3.8) is 0 Å². The maximum atomic E-state index is 6.16. The Kier molecular flexibility index (Phi) is 4.45. The van der Waals surface area contributed by atoms with E-state index in [0.29, 0.717) is 0 Å². The fourth-order valence-electron chi connectivity index (χ4n) is 3.80. The van der Waals surface area contributed by atoms with Crippen molar-refractivity contribution >= 4 is 0 Å². The SMILES string of the molecule is CCC1CCCCCN1C1(CN)CCN(C)C1. The largest absolute Gasteiger partial charge is 0.329 e. The molecule has 0 aromatic heterocycles. The summed E-state index contributed by atoms with van der Waals surface area (Å²) in [6.45, 7) is 6.81. The highest BCUT2D eigenvalue weighted by atomic mass is 15.3. The van der Waals surface area contributed by atoms with Crippen LogP contribution in [0, 0.1) is 0 Å². The lowest BCUT2D eigenvalue weighted by Crippen LogP contribution is -2.59. The maximum Gasteiger partial charge on any atom is 0.0473 e. The lowest BCUT2D eigenvalue weighted by atomic mass is 9.92. The van der Waals surface area contributed by atoms with Crippen molar-refractivity contribution in [2.24, 2.45) is 5.73 Å². The summed E-state index contributed by atoms with van der Waals surface area (Å²) in [4.78, 5) is 5.23. The molecule has 2 unspecified atom stereocenters. The predicted octanol–water partition coefficient (Wildman–Crippen LogP) is 1.67. The van der Waals surface area contributed by atoms with Crippen LogP contribution in [0.5, 0.6) is 0 Å². The number of rotatable bonds is 3. The van der Waals surface area contributed by atoms with Gasteiger partial charge in [-0.2, -0.15) is 0 Å². The molecule has 3 nitrogen and oxygen atoms in total. The molecule has 0 aliphatic carbocycles. The molecule has 2 rings (SSSR count). The van der Waals surface area contributed by atoms with Gasteiger partial charge in [0.05, 0.1) is 0 Å². The van der Waals surface area contributed by atoms with Gasteiger partial charge in [-0.1, -0.05) is 19.8 Å². The van der Waals surface area contributed by atoms with Crippen molar-refractivity contribution in [3.05, 3.63) is 0 Å². The first-order chi connectivity index (χ1) is 8.22. The van der Waals surface area contributed by atoms with Gasteiger partial charge in [0, 0.05) is 24.7 Å². The lowest BCUT2D eigenvalue weighted by Gasteiger charge is -2.44. The van der Waals surface area contributed by atoms with Gasteiger partial charge in [0.2, 0.25) is 0 Å². The molecule has 2 aliphatic heterocycles. The van der Waals surface area contributed by atoms with Gasteiger partial charge in [-0.25, -0.2) is 0 Å². The average Bonchev–Trinajstić information content (AvgIpc) is 2.59. The molecule has 0 saturated carbocycles. The molecule has 0 amide bonds. The van der Waals surface area contributed by atoms with Gasteiger partial charge in [0.25, 0.3) is 0 Å². The first-order valence-electron chi connectivity index (χ1n) is 7.37. The van der Waals surface area contributed by atoms with Crippen LogP contribution in [0.25, 0.3) is 0 Å². The van der Waals surface area contributed by atoms with Gasteiger partial charge in [0.15, 0.2) is 0 Å². The molecule has 3 heteroatoms. The zero-order chi connectivity index (χ0) is 12.3. The van der Waals surface area contributed by atoms with E-state index in [4.69, 9.17) is 5.73 Å². The Morgan fingerprint density at radius 1 is 1.24 bits per heavy atom. The van der Waals surface area contributed by atoms with Gasteiger partial charge < -0.3 is 10.6 Å². The molecule has 0 bridgehead atoms. The molecule has 2 atom stereocenters. The van der Waals surface area contributed by atoms with E-state index in [1.54, 1.807) is 0 Å². The highest BCUT2D eigenvalue weighted by Crippen LogP contribution is 2.32. The van der Waals surface area contributed by atoms with Crippen molar-refractivity contribution in [2.75, 3.05) is 33.2 Å². The first kappa shape index (κ1) is 13.3. The van der Waals surface area contributed by atoms with Crippen molar-refractivity contribution < 1.29 is 0 Å². The molecule has 2 heterocycles. The summed E-state index contributed by atoms with van der Waals surface area (Å²) in [5.74, 6) is 0. The second kappa shape index (κ2) is 5.68. The molecule has 100 valence electrons. The molecule has 0 spiro atoms. The fraction of sp³-hybridized carbons (Fsp3) is 1.00. The zero-order valence-corrected chi connectivity index (χ0v) is 11.6. The smallest absolute Gasteiger partial charge is 0.0473 e. The van der Waals surface area contributed by atoms with Crippen LogP contribution in [0.4, 0.5) is 0 Å². The Bertz CT molecular complexity index is 244. The molecular weight excluding hydrogens is 210 g/mol. The monoisotopic (exact) mass is 239 g/mol. The predicted molar refractivity (Wildman–Crippen MR) is 73.2 cm³/mol. The second-order valence-electron chi connectivity index (χ2n) is 6.02. The van der Waals surface area contributed by atoms with E-state index in [-0.39, 0.29) is 5.54 Å². The van der Waals surface area contributed by atoms with Crippen molar-refractivity contribution in [1.82, 2.24) is 9.80 Å². The normalized spacial score (nSPS) is 37.2. The summed E-state index contributed by atoms with van der Waals surface area (Å²) in [5, 5.41) is 0. The molecule has 2 aliphatic rings. The van der Waals surface area contributed by atoms with Gasteiger partial charge in [-0.3, -0.25) is 4.90 Å². The topological polar surface area (TPSA) is 32.5 Å². The number of likely N-dealkylation sites (N-methyl/N-ethyl adjacent to an activating group) is 1. The summed E-state index contributed by atoms with van der Waals surface area (Å²) in [6, 6.07) is 0.771. The molecule has 0 aromatic rings. The highest BCUT2D eigenvalue weighted by Gasteiger charge is 2.43. The van der Waals surface area contributed by atoms with Crippen LogP contribution in [-0.2, 0) is 0 Å². The summed E-state index contributed by atoms with van der Waals surface area (Å²) in [6.07, 6.45) is 8.10. The minimum atomic E-state index is 0.278. The van der Waals surface area contributed by atoms with E-state index in [9.17, 15) is 0 Å². The Morgan fingerprint density at radius 2 is 2.06 bits per heavy atom. The number of likely N-dealkylation sites (tertiary alicyclic amines) is 2. The van der Waals surface area contributed by atoms with Crippen LogP contribution >= 0.6 is 0 Å². The molecular formula is C14H29N3. The minimum Gasteiger partial charge on any atom is -0.329 e. The van der Waals surface area contributed by atoms with Gasteiger partial charge in [-0.05, 0) is 45.8 Å². The van der Waals surface area contributed by atoms with Crippen LogP contribution < -0.4 is 5.73 Å². The molecule has 2 saturated heterocycles. The Balaban J connectivity index is 2.15. The van der Waals surface area contributed by atoms with Crippen molar-refractivity contribution in [3.8, 4) is 0 Å². The molecule has 0 aromatic carbocycles. The van der Waals surface area contributed by atoms with Crippen molar-refractivity contribution in [2.45, 2.75) is 57.0 Å². The van der Waals surface area contributed by atoms with Crippen molar-refractivity contribution in [1.29, 1.82) is 0 Å². The Morgan fingerprint density at radius 3 is 2.65 bits per heavy atom. The molecule has 2 fully saturated rings. The van der Waals surface area contributed by atoms with E-state index >= 15 is 0 Å². The van der Waals surface area contributed by atoms with Crippen LogP contribution in [0.2, 0.25) is 0 Å². The molecule has 0 radical (unpaired) electrons. The standard InChI is InChI=1S/C14H29N3/c1-3-13-7-5-4-6-9-17(13)14(11-15)8-10-16(2)12-14/h13H,3-12,15H2,1-2H3. The summed E-state index contributed by atoms with van der Waals surface area (Å²) in [5.41, 5.74) is 6.44. The molecule has 2 N–H and O–H groups in total. The first-order valence-corrected chi connectivity index (χ1v) is 7.37.